The summed E-state index contributed by atoms with van der Waals surface area (Å²) in [6, 6.07) is -0.701. The molecule has 27 heavy (non-hydrogen) atoms. The highest BCUT2D eigenvalue weighted by Crippen LogP contribution is 2.15. The Labute approximate surface area is 161 Å². The smallest absolute Gasteiger partial charge is 0.253 e. The molecule has 0 spiro atoms. The van der Waals surface area contributed by atoms with Crippen LogP contribution in [0, 0.1) is 17.8 Å². The summed E-state index contributed by atoms with van der Waals surface area (Å²) in [4.78, 5) is 60.6. The molecule has 2 atom stereocenters. The Balaban J connectivity index is 0.00000676. The van der Waals surface area contributed by atoms with Crippen LogP contribution in [-0.2, 0) is 24.0 Å². The minimum atomic E-state index is -0.701. The first-order chi connectivity index (χ1) is 12.0. The van der Waals surface area contributed by atoms with Crippen LogP contribution >= 0.6 is 0 Å². The quantitative estimate of drug-likeness (QED) is 0.583. The minimum Gasteiger partial charge on any atom is -0.346 e. The molecule has 3 amide bonds. The maximum atomic E-state index is 12.5. The van der Waals surface area contributed by atoms with Gasteiger partial charge in [-0.1, -0.05) is 42.0 Å². The second-order valence-electron chi connectivity index (χ2n) is 7.33. The van der Waals surface area contributed by atoms with Crippen molar-refractivity contribution in [2.24, 2.45) is 17.8 Å². The van der Waals surface area contributed by atoms with Crippen LogP contribution in [0.15, 0.2) is 12.2 Å². The highest BCUT2D eigenvalue weighted by atomic mass is 16.2. The largest absolute Gasteiger partial charge is 0.346 e. The van der Waals surface area contributed by atoms with E-state index in [4.69, 9.17) is 0 Å². The maximum Gasteiger partial charge on any atom is 0.253 e. The third-order valence-corrected chi connectivity index (χ3v) is 4.36. The zero-order valence-electron chi connectivity index (χ0n) is 16.1. The summed E-state index contributed by atoms with van der Waals surface area (Å²) in [6.45, 7) is 8.90. The molecule has 0 aromatic rings. The van der Waals surface area contributed by atoms with Crippen LogP contribution in [0.2, 0.25) is 0 Å². The molecular weight excluding hydrogens is 348 g/mol. The molecule has 1 aliphatic heterocycles. The molecule has 1 N–H and O–H groups in total. The molecule has 0 bridgehead atoms. The summed E-state index contributed by atoms with van der Waals surface area (Å²) in [5.74, 6) is -2.14. The third kappa shape index (κ3) is 7.07. The lowest BCUT2D eigenvalue weighted by atomic mass is 9.88. The SMILES string of the molecule is C.CC(C)C(=O)[C@H](C)CC(=O)[C@@H](NC(=O)CCN1C(=O)C=CC1=O)C(C)C. The lowest BCUT2D eigenvalue weighted by molar-refractivity contribution is -0.137. The molecule has 0 saturated heterocycles. The van der Waals surface area contributed by atoms with E-state index >= 15 is 0 Å². The molecule has 7 heteroatoms. The van der Waals surface area contributed by atoms with Gasteiger partial charge < -0.3 is 5.32 Å². The van der Waals surface area contributed by atoms with Crippen LogP contribution in [0.3, 0.4) is 0 Å². The number of hydrogen-bond donors (Lipinski definition) is 1. The predicted octanol–water partition coefficient (Wildman–Crippen LogP) is 1.90. The van der Waals surface area contributed by atoms with Crippen LogP contribution in [0.25, 0.3) is 0 Å². The Morgan fingerprint density at radius 2 is 1.52 bits per heavy atom. The fraction of sp³-hybridized carbons (Fsp3) is 0.650. The number of Topliss-reactive ketones (excluding diaryl/α,β-unsaturated/α-hetero) is 2. The highest BCUT2D eigenvalue weighted by Gasteiger charge is 2.29. The number of amides is 3. The zero-order valence-corrected chi connectivity index (χ0v) is 16.1. The van der Waals surface area contributed by atoms with Crippen molar-refractivity contribution in [2.75, 3.05) is 6.54 Å². The van der Waals surface area contributed by atoms with Gasteiger partial charge in [0, 0.05) is 43.4 Å². The molecule has 0 fully saturated rings. The minimum absolute atomic E-state index is 0. The average Bonchev–Trinajstić information content (AvgIpc) is 2.87. The summed E-state index contributed by atoms with van der Waals surface area (Å²) < 4.78 is 0. The molecule has 1 heterocycles. The van der Waals surface area contributed by atoms with Crippen molar-refractivity contribution < 1.29 is 24.0 Å². The third-order valence-electron chi connectivity index (χ3n) is 4.36. The Hall–Kier alpha value is -2.31. The summed E-state index contributed by atoms with van der Waals surface area (Å²) in [5.41, 5.74) is 0. The number of nitrogens with one attached hydrogen (secondary N) is 1. The standard InChI is InChI=1S/C19H28N2O5.CH4/c1-11(2)18(14(22)10-13(5)19(26)12(3)4)20-15(23)8-9-21-16(24)6-7-17(21)25;/h6-7,11-13,18H,8-10H2,1-5H3,(H,20,23);1H4/t13-,18+;/m1./s1. The molecule has 1 rings (SSSR count). The van der Waals surface area contributed by atoms with E-state index in [0.29, 0.717) is 0 Å². The van der Waals surface area contributed by atoms with Crippen LogP contribution in [0.4, 0.5) is 0 Å². The number of imide groups is 1. The zero-order chi connectivity index (χ0) is 20.0. The second kappa shape index (κ2) is 10.7. The van der Waals surface area contributed by atoms with Crippen LogP contribution in [-0.4, -0.2) is 46.8 Å². The van der Waals surface area contributed by atoms with Gasteiger partial charge in [-0.15, -0.1) is 0 Å². The van der Waals surface area contributed by atoms with Gasteiger partial charge in [-0.2, -0.15) is 0 Å². The van der Waals surface area contributed by atoms with E-state index in [0.717, 1.165) is 17.1 Å². The molecule has 0 saturated carbocycles. The highest BCUT2D eigenvalue weighted by molar-refractivity contribution is 6.13. The predicted molar refractivity (Wildman–Crippen MR) is 103 cm³/mol. The van der Waals surface area contributed by atoms with Crippen molar-refractivity contribution in [3.63, 3.8) is 0 Å². The van der Waals surface area contributed by atoms with Crippen molar-refractivity contribution >= 4 is 29.3 Å². The van der Waals surface area contributed by atoms with E-state index < -0.39 is 29.7 Å². The van der Waals surface area contributed by atoms with E-state index in [2.05, 4.69) is 5.32 Å². The number of carbonyl (C=O) groups excluding carboxylic acids is 5. The van der Waals surface area contributed by atoms with Gasteiger partial charge in [0.15, 0.2) is 5.78 Å². The van der Waals surface area contributed by atoms with Gasteiger partial charge in [0.1, 0.15) is 5.78 Å². The van der Waals surface area contributed by atoms with E-state index in [1.165, 1.54) is 0 Å². The molecule has 152 valence electrons. The normalized spacial score (nSPS) is 15.7. The fourth-order valence-electron chi connectivity index (χ4n) is 2.83. The van der Waals surface area contributed by atoms with Gasteiger partial charge in [0.05, 0.1) is 6.04 Å². The summed E-state index contributed by atoms with van der Waals surface area (Å²) >= 11 is 0. The van der Waals surface area contributed by atoms with Gasteiger partial charge in [0.25, 0.3) is 11.8 Å². The Morgan fingerprint density at radius 3 is 1.96 bits per heavy atom. The maximum absolute atomic E-state index is 12.5. The van der Waals surface area contributed by atoms with Crippen LogP contribution in [0.1, 0.15) is 54.9 Å². The van der Waals surface area contributed by atoms with Gasteiger partial charge in [-0.05, 0) is 5.92 Å². The Bertz CT molecular complexity index is 604. The van der Waals surface area contributed by atoms with Gasteiger partial charge in [0.2, 0.25) is 5.91 Å². The molecule has 0 unspecified atom stereocenters. The molecule has 0 aromatic heterocycles. The number of carbonyl (C=O) groups is 5. The first-order valence-electron chi connectivity index (χ1n) is 8.93. The summed E-state index contributed by atoms with van der Waals surface area (Å²) in [5, 5.41) is 2.67. The summed E-state index contributed by atoms with van der Waals surface area (Å²) in [7, 11) is 0. The fourth-order valence-corrected chi connectivity index (χ4v) is 2.83. The van der Waals surface area contributed by atoms with Crippen LogP contribution in [0.5, 0.6) is 0 Å². The monoisotopic (exact) mass is 380 g/mol. The molecule has 0 radical (unpaired) electrons. The van der Waals surface area contributed by atoms with Gasteiger partial charge >= 0.3 is 0 Å². The number of nitrogens with zero attached hydrogens (tertiary/aromatic N) is 1. The van der Waals surface area contributed by atoms with Crippen molar-refractivity contribution in [1.82, 2.24) is 10.2 Å². The van der Waals surface area contributed by atoms with E-state index in [9.17, 15) is 24.0 Å². The van der Waals surface area contributed by atoms with Crippen molar-refractivity contribution in [2.45, 2.75) is 60.9 Å². The van der Waals surface area contributed by atoms with Gasteiger partial charge in [-0.3, -0.25) is 28.9 Å². The molecule has 0 aliphatic carbocycles. The van der Waals surface area contributed by atoms with E-state index in [1.807, 2.05) is 13.8 Å². The van der Waals surface area contributed by atoms with E-state index in [-0.39, 0.29) is 50.2 Å². The lowest BCUT2D eigenvalue weighted by Gasteiger charge is -2.23. The first kappa shape index (κ1) is 24.7. The van der Waals surface area contributed by atoms with Crippen molar-refractivity contribution in [3.05, 3.63) is 12.2 Å². The van der Waals surface area contributed by atoms with Crippen LogP contribution < -0.4 is 5.32 Å². The van der Waals surface area contributed by atoms with E-state index in [1.54, 1.807) is 20.8 Å². The van der Waals surface area contributed by atoms with Gasteiger partial charge in [-0.25, -0.2) is 0 Å². The number of hydrogen-bond acceptors (Lipinski definition) is 5. The molecule has 1 aliphatic rings. The first-order valence-corrected chi connectivity index (χ1v) is 8.93. The van der Waals surface area contributed by atoms with Crippen molar-refractivity contribution in [3.8, 4) is 0 Å². The lowest BCUT2D eigenvalue weighted by Crippen LogP contribution is -2.46. The molecular formula is C20H32N2O5. The number of rotatable bonds is 10. The Kier molecular flexibility index (Phi) is 9.83. The molecule has 0 aromatic carbocycles. The topological polar surface area (TPSA) is 101 Å². The molecule has 7 nitrogen and oxygen atoms in total. The second-order valence-corrected chi connectivity index (χ2v) is 7.33. The average molecular weight is 380 g/mol. The van der Waals surface area contributed by atoms with Crippen molar-refractivity contribution in [1.29, 1.82) is 0 Å². The summed E-state index contributed by atoms with van der Waals surface area (Å²) in [6.07, 6.45) is 2.32. The Morgan fingerprint density at radius 1 is 1.00 bits per heavy atom. The number of ketones is 2.